The molecule has 4 N–H and O–H groups in total. The Morgan fingerprint density at radius 3 is 1.48 bits per heavy atom. The molecule has 4 aromatic carbocycles. The average Bonchev–Trinajstić information content (AvgIpc) is 3.52. The fourth-order valence-corrected chi connectivity index (χ4v) is 6.22. The molecule has 0 saturated carbocycles. The predicted molar refractivity (Wildman–Crippen MR) is 192 cm³/mol. The van der Waals surface area contributed by atoms with Crippen molar-refractivity contribution in [2.75, 3.05) is 28.2 Å². The number of ether oxygens (including phenoxy) is 2. The van der Waals surface area contributed by atoms with Crippen LogP contribution < -0.4 is 20.9 Å². The number of guanidine groups is 2. The number of hydrogen-bond acceptors (Lipinski definition) is 10. The van der Waals surface area contributed by atoms with Crippen molar-refractivity contribution in [1.82, 2.24) is 14.7 Å². The van der Waals surface area contributed by atoms with Gasteiger partial charge in [-0.3, -0.25) is 24.2 Å². The molecule has 2 heterocycles. The van der Waals surface area contributed by atoms with Crippen LogP contribution in [0.1, 0.15) is 38.2 Å². The highest BCUT2D eigenvalue weighted by Crippen LogP contribution is 2.41. The Labute approximate surface area is 308 Å². The molecule has 2 unspecified atom stereocenters. The van der Waals surface area contributed by atoms with Crippen molar-refractivity contribution in [3.63, 3.8) is 0 Å². The van der Waals surface area contributed by atoms with Crippen LogP contribution in [0.4, 0.5) is 17.6 Å². The maximum atomic E-state index is 13.2. The number of aldehydes is 1. The summed E-state index contributed by atoms with van der Waals surface area (Å²) in [5.74, 6) is -0.659. The van der Waals surface area contributed by atoms with E-state index in [4.69, 9.17) is 11.5 Å². The molecule has 2 aliphatic rings. The lowest BCUT2D eigenvalue weighted by atomic mass is 9.82. The second-order valence-corrected chi connectivity index (χ2v) is 12.6. The molecule has 16 heteroatoms. The van der Waals surface area contributed by atoms with Gasteiger partial charge in [0.2, 0.25) is 0 Å². The summed E-state index contributed by atoms with van der Waals surface area (Å²) in [4.78, 5) is 50.7. The van der Waals surface area contributed by atoms with Crippen LogP contribution >= 0.6 is 0 Å². The van der Waals surface area contributed by atoms with E-state index >= 15 is 0 Å². The minimum Gasteiger partial charge on any atom is -0.435 e. The number of nitrogens with two attached hydrogens (primary N) is 2. The van der Waals surface area contributed by atoms with Crippen LogP contribution in [0.2, 0.25) is 0 Å². The predicted octanol–water partition coefficient (Wildman–Crippen LogP) is 4.51. The van der Waals surface area contributed by atoms with Crippen molar-refractivity contribution < 1.29 is 41.4 Å². The molecule has 2 amide bonds. The van der Waals surface area contributed by atoms with E-state index in [9.17, 15) is 31.9 Å². The highest BCUT2D eigenvalue weighted by atomic mass is 19.3. The van der Waals surface area contributed by atoms with E-state index in [0.29, 0.717) is 40.6 Å². The molecule has 282 valence electrons. The molecule has 0 saturated heterocycles. The number of nitrogens with zero attached hydrogens (tertiary/aromatic N) is 5. The fraction of sp³-hybridized carbons (Fsp3) is 0.237. The Bertz CT molecular complexity index is 2080. The number of aliphatic imine (C=N–C) groups is 2. The van der Waals surface area contributed by atoms with Crippen molar-refractivity contribution in [3.05, 3.63) is 130 Å². The van der Waals surface area contributed by atoms with Crippen molar-refractivity contribution >= 4 is 30.0 Å². The van der Waals surface area contributed by atoms with E-state index in [1.165, 1.54) is 53.2 Å². The summed E-state index contributed by atoms with van der Waals surface area (Å²) in [6.45, 7) is -5.18. The van der Waals surface area contributed by atoms with Gasteiger partial charge in [0.15, 0.2) is 23.0 Å². The number of benzene rings is 4. The van der Waals surface area contributed by atoms with Gasteiger partial charge in [0, 0.05) is 26.2 Å². The fourth-order valence-electron chi connectivity index (χ4n) is 6.22. The first kappa shape index (κ1) is 38.9. The second-order valence-electron chi connectivity index (χ2n) is 12.6. The average molecular weight is 748 g/mol. The van der Waals surface area contributed by atoms with Gasteiger partial charge in [-0.15, -0.1) is 0 Å². The van der Waals surface area contributed by atoms with Crippen LogP contribution in [0.3, 0.4) is 0 Å². The van der Waals surface area contributed by atoms with Gasteiger partial charge in [0.1, 0.15) is 17.8 Å². The van der Waals surface area contributed by atoms with Gasteiger partial charge in [0.25, 0.3) is 11.8 Å². The third-order valence-electron chi connectivity index (χ3n) is 8.76. The molecule has 0 aromatic heterocycles. The highest BCUT2D eigenvalue weighted by Gasteiger charge is 2.50. The van der Waals surface area contributed by atoms with E-state index in [1.54, 1.807) is 43.4 Å². The van der Waals surface area contributed by atoms with Gasteiger partial charge in [-0.2, -0.15) is 17.6 Å². The zero-order valence-electron chi connectivity index (χ0n) is 29.6. The van der Waals surface area contributed by atoms with Crippen LogP contribution in [0.25, 0.3) is 0 Å². The SMILES string of the molecule is CN(C)Cc1cccc(C2(c3ccc(OC(F)F)cc3)N=C(N)N(C)C2=O)c1.CN1C(=O)C(c2ccc(OC(F)F)cc2)(c2cccc(C=O)c2)N=C1N. The summed E-state index contributed by atoms with van der Waals surface area (Å²) in [6, 6.07) is 25.5. The molecule has 0 fully saturated rings. The van der Waals surface area contributed by atoms with Crippen LogP contribution in [-0.2, 0) is 27.2 Å². The monoisotopic (exact) mass is 747 g/mol. The van der Waals surface area contributed by atoms with E-state index in [2.05, 4.69) is 19.5 Å². The second kappa shape index (κ2) is 15.8. The Kier molecular flexibility index (Phi) is 11.4. The van der Waals surface area contributed by atoms with Crippen LogP contribution in [-0.4, -0.2) is 86.1 Å². The quantitative estimate of drug-likeness (QED) is 0.168. The first-order chi connectivity index (χ1) is 25.6. The summed E-state index contributed by atoms with van der Waals surface area (Å²) in [7, 11) is 6.95. The smallest absolute Gasteiger partial charge is 0.387 e. The highest BCUT2D eigenvalue weighted by molar-refractivity contribution is 6.09. The zero-order chi connectivity index (χ0) is 39.4. The lowest BCUT2D eigenvalue weighted by Crippen LogP contribution is -2.41. The number of hydrogen-bond donors (Lipinski definition) is 2. The third-order valence-corrected chi connectivity index (χ3v) is 8.76. The maximum Gasteiger partial charge on any atom is 0.387 e. The molecular weight excluding hydrogens is 710 g/mol. The Morgan fingerprint density at radius 2 is 1.11 bits per heavy atom. The van der Waals surface area contributed by atoms with Gasteiger partial charge in [-0.1, -0.05) is 66.7 Å². The number of halogens is 4. The normalized spacial score (nSPS) is 19.5. The number of carbonyl (C=O) groups is 3. The molecule has 4 aromatic rings. The largest absolute Gasteiger partial charge is 0.435 e. The molecule has 2 aliphatic heterocycles. The molecule has 0 aliphatic carbocycles. The summed E-state index contributed by atoms with van der Waals surface area (Å²) in [6.07, 6.45) is 0.660. The number of amides is 2. The molecule has 0 spiro atoms. The summed E-state index contributed by atoms with van der Waals surface area (Å²) >= 11 is 0. The van der Waals surface area contributed by atoms with Crippen LogP contribution in [0.15, 0.2) is 107 Å². The lowest BCUT2D eigenvalue weighted by molar-refractivity contribution is -0.130. The molecule has 6 rings (SSSR count). The first-order valence-electron chi connectivity index (χ1n) is 16.3. The topological polar surface area (TPSA) is 156 Å². The minimum atomic E-state index is -2.95. The van der Waals surface area contributed by atoms with Crippen LogP contribution in [0, 0.1) is 0 Å². The molecule has 12 nitrogen and oxygen atoms in total. The molecule has 54 heavy (non-hydrogen) atoms. The van der Waals surface area contributed by atoms with Crippen molar-refractivity contribution in [2.45, 2.75) is 30.8 Å². The number of alkyl halides is 4. The molecule has 0 bridgehead atoms. The Balaban J connectivity index is 0.000000208. The van der Waals surface area contributed by atoms with Crippen molar-refractivity contribution in [1.29, 1.82) is 0 Å². The number of rotatable bonds is 11. The summed E-state index contributed by atoms with van der Waals surface area (Å²) in [5.41, 5.74) is 12.4. The maximum absolute atomic E-state index is 13.2. The Morgan fingerprint density at radius 1 is 0.685 bits per heavy atom. The van der Waals surface area contributed by atoms with Crippen molar-refractivity contribution in [2.24, 2.45) is 21.5 Å². The van der Waals surface area contributed by atoms with E-state index < -0.39 is 30.2 Å². The minimum absolute atomic E-state index is 0.00557. The zero-order valence-corrected chi connectivity index (χ0v) is 29.6. The molecule has 2 atom stereocenters. The van der Waals surface area contributed by atoms with E-state index in [0.717, 1.165) is 5.56 Å². The van der Waals surface area contributed by atoms with Gasteiger partial charge in [0.05, 0.1) is 0 Å². The van der Waals surface area contributed by atoms with E-state index in [-0.39, 0.29) is 29.3 Å². The summed E-state index contributed by atoms with van der Waals surface area (Å²) < 4.78 is 58.4. The lowest BCUT2D eigenvalue weighted by Gasteiger charge is -2.27. The van der Waals surface area contributed by atoms with Gasteiger partial charge < -0.3 is 25.8 Å². The number of likely N-dealkylation sites (N-methyl/N-ethyl adjacent to an activating group) is 2. The standard InChI is InChI=1S/C20H22F2N4O2.C18H15F2N3O3/c1-25(2)12-13-5-4-6-15(11-13)20(17(27)26(3)19(23)24-20)14-7-9-16(10-8-14)28-18(21)22;1-23-15(25)18(22-17(23)21,13-4-2-3-11(9-13)10-24)12-5-7-14(8-6-12)26-16(19)20/h4-11,18H,12H2,1-3H3,(H2,23,24);2-10,16H,1H3,(H2,21,22). The van der Waals surface area contributed by atoms with Crippen LogP contribution in [0.5, 0.6) is 11.5 Å². The van der Waals surface area contributed by atoms with Crippen molar-refractivity contribution in [3.8, 4) is 11.5 Å². The van der Waals surface area contributed by atoms with Gasteiger partial charge in [-0.05, 0) is 72.2 Å². The van der Waals surface area contributed by atoms with E-state index in [1.807, 2.05) is 43.3 Å². The van der Waals surface area contributed by atoms with Gasteiger partial charge >= 0.3 is 13.2 Å². The molecule has 0 radical (unpaired) electrons. The first-order valence-corrected chi connectivity index (χ1v) is 16.3. The number of carbonyl (C=O) groups excluding carboxylic acids is 3. The van der Waals surface area contributed by atoms with Gasteiger partial charge in [-0.25, -0.2) is 9.98 Å². The summed E-state index contributed by atoms with van der Waals surface area (Å²) in [5, 5.41) is 0. The molecular formula is C38H37F4N7O5. The Hall–Kier alpha value is -6.29. The third kappa shape index (κ3) is 7.59.